The predicted molar refractivity (Wildman–Crippen MR) is 154 cm³/mol. The zero-order valence-corrected chi connectivity index (χ0v) is 24.0. The van der Waals surface area contributed by atoms with Gasteiger partial charge in [0.2, 0.25) is 11.8 Å². The second-order valence-corrected chi connectivity index (χ2v) is 10.7. The van der Waals surface area contributed by atoms with E-state index in [2.05, 4.69) is 15.6 Å². The molecule has 0 spiro atoms. The van der Waals surface area contributed by atoms with E-state index in [1.54, 1.807) is 34.9 Å². The number of methoxy groups -OCH3 is 1. The van der Waals surface area contributed by atoms with E-state index in [-0.39, 0.29) is 24.9 Å². The summed E-state index contributed by atoms with van der Waals surface area (Å²) in [4.78, 5) is 29.7. The van der Waals surface area contributed by atoms with Crippen LogP contribution in [0.4, 0.5) is 0 Å². The summed E-state index contributed by atoms with van der Waals surface area (Å²) >= 11 is 0. The SMILES string of the molecule is CCOc1ccc([C@@H](C(=O)NC(C)(C)C)N(Cc2ccc(C)cc2)C(=O)Cn2nnc3ccccc32)cc1OC. The fourth-order valence-corrected chi connectivity index (χ4v) is 4.51. The van der Waals surface area contributed by atoms with Gasteiger partial charge in [0.1, 0.15) is 18.1 Å². The van der Waals surface area contributed by atoms with Crippen LogP contribution in [-0.4, -0.2) is 51.0 Å². The first-order chi connectivity index (χ1) is 19.1. The second-order valence-electron chi connectivity index (χ2n) is 10.7. The molecule has 9 nitrogen and oxygen atoms in total. The van der Waals surface area contributed by atoms with Gasteiger partial charge in [0.25, 0.3) is 0 Å². The molecule has 1 N–H and O–H groups in total. The highest BCUT2D eigenvalue weighted by Crippen LogP contribution is 2.34. The van der Waals surface area contributed by atoms with Gasteiger partial charge in [-0.25, -0.2) is 4.68 Å². The number of nitrogens with zero attached hydrogens (tertiary/aromatic N) is 4. The maximum atomic E-state index is 14.1. The van der Waals surface area contributed by atoms with Gasteiger partial charge in [0, 0.05) is 12.1 Å². The molecule has 0 saturated heterocycles. The molecule has 0 bridgehead atoms. The highest BCUT2D eigenvalue weighted by molar-refractivity contribution is 5.89. The Hall–Kier alpha value is -4.40. The van der Waals surface area contributed by atoms with Crippen molar-refractivity contribution in [2.45, 2.75) is 59.3 Å². The van der Waals surface area contributed by atoms with Crippen molar-refractivity contribution in [2.75, 3.05) is 13.7 Å². The molecule has 1 atom stereocenters. The van der Waals surface area contributed by atoms with Crippen LogP contribution >= 0.6 is 0 Å². The minimum absolute atomic E-state index is 0.0835. The minimum Gasteiger partial charge on any atom is -0.493 e. The number of carbonyl (C=O) groups excluding carboxylic acids is 2. The number of rotatable bonds is 10. The molecule has 0 aliphatic carbocycles. The average molecular weight is 544 g/mol. The first-order valence-electron chi connectivity index (χ1n) is 13.4. The van der Waals surface area contributed by atoms with Crippen LogP contribution in [0.3, 0.4) is 0 Å². The van der Waals surface area contributed by atoms with Gasteiger partial charge in [-0.15, -0.1) is 5.10 Å². The molecule has 9 heteroatoms. The number of para-hydroxylation sites is 1. The molecular weight excluding hydrogens is 506 g/mol. The number of aryl methyl sites for hydroxylation is 1. The Balaban J connectivity index is 1.81. The zero-order chi connectivity index (χ0) is 28.9. The van der Waals surface area contributed by atoms with E-state index >= 15 is 0 Å². The molecule has 0 saturated carbocycles. The lowest BCUT2D eigenvalue weighted by Crippen LogP contribution is -2.49. The molecule has 0 unspecified atom stereocenters. The summed E-state index contributed by atoms with van der Waals surface area (Å²) < 4.78 is 12.9. The van der Waals surface area contributed by atoms with Crippen LogP contribution in [0.15, 0.2) is 66.7 Å². The molecule has 210 valence electrons. The van der Waals surface area contributed by atoms with Gasteiger partial charge in [0.15, 0.2) is 11.5 Å². The fraction of sp³-hybridized carbons (Fsp3) is 0.355. The Kier molecular flexibility index (Phi) is 8.72. The molecule has 4 rings (SSSR count). The van der Waals surface area contributed by atoms with Crippen molar-refractivity contribution in [3.8, 4) is 11.5 Å². The summed E-state index contributed by atoms with van der Waals surface area (Å²) in [5.41, 5.74) is 3.52. The normalized spacial score (nSPS) is 12.2. The third-order valence-corrected chi connectivity index (χ3v) is 6.36. The third-order valence-electron chi connectivity index (χ3n) is 6.36. The van der Waals surface area contributed by atoms with E-state index in [0.29, 0.717) is 29.2 Å². The number of aromatic nitrogens is 3. The molecule has 0 aliphatic rings. The van der Waals surface area contributed by atoms with Crippen LogP contribution < -0.4 is 14.8 Å². The number of amides is 2. The number of benzene rings is 3. The van der Waals surface area contributed by atoms with Gasteiger partial charge in [0.05, 0.1) is 19.2 Å². The molecule has 0 radical (unpaired) electrons. The maximum Gasteiger partial charge on any atom is 0.247 e. The molecule has 4 aromatic rings. The molecule has 3 aromatic carbocycles. The second kappa shape index (κ2) is 12.2. The van der Waals surface area contributed by atoms with Crippen molar-refractivity contribution in [3.63, 3.8) is 0 Å². The molecule has 1 aromatic heterocycles. The van der Waals surface area contributed by atoms with Crippen LogP contribution in [0.2, 0.25) is 0 Å². The van der Waals surface area contributed by atoms with E-state index in [4.69, 9.17) is 9.47 Å². The molecule has 0 aliphatic heterocycles. The van der Waals surface area contributed by atoms with Crippen molar-refractivity contribution in [3.05, 3.63) is 83.4 Å². The highest BCUT2D eigenvalue weighted by Gasteiger charge is 2.34. The van der Waals surface area contributed by atoms with Crippen LogP contribution in [0.25, 0.3) is 11.0 Å². The number of hydrogen-bond donors (Lipinski definition) is 1. The Bertz CT molecular complexity index is 1470. The average Bonchev–Trinajstić information content (AvgIpc) is 3.32. The van der Waals surface area contributed by atoms with E-state index in [0.717, 1.165) is 16.6 Å². The molecule has 40 heavy (non-hydrogen) atoms. The van der Waals surface area contributed by atoms with Crippen LogP contribution in [0.5, 0.6) is 11.5 Å². The molecular formula is C31H37N5O4. The number of carbonyl (C=O) groups is 2. The Morgan fingerprint density at radius 3 is 2.42 bits per heavy atom. The standard InChI is InChI=1S/C31H37N5O4/c1-7-40-26-17-16-23(18-27(26)39-6)29(30(38)32-31(3,4)5)35(19-22-14-12-21(2)13-15-22)28(37)20-36-25-11-9-8-10-24(25)33-34-36/h8-18,29H,7,19-20H2,1-6H3,(H,32,38)/t29-/m0/s1. The summed E-state index contributed by atoms with van der Waals surface area (Å²) in [5.74, 6) is 0.466. The van der Waals surface area contributed by atoms with E-state index < -0.39 is 11.6 Å². The van der Waals surface area contributed by atoms with Crippen molar-refractivity contribution in [1.82, 2.24) is 25.2 Å². The van der Waals surface area contributed by atoms with E-state index in [9.17, 15) is 9.59 Å². The fourth-order valence-electron chi connectivity index (χ4n) is 4.51. The molecule has 0 fully saturated rings. The van der Waals surface area contributed by atoms with Crippen LogP contribution in [0, 0.1) is 6.92 Å². The minimum atomic E-state index is -0.951. The highest BCUT2D eigenvalue weighted by atomic mass is 16.5. The van der Waals surface area contributed by atoms with Gasteiger partial charge in [-0.05, 0) is 70.0 Å². The lowest BCUT2D eigenvalue weighted by atomic mass is 10.00. The van der Waals surface area contributed by atoms with Crippen LogP contribution in [-0.2, 0) is 22.7 Å². The Morgan fingerprint density at radius 2 is 1.75 bits per heavy atom. The summed E-state index contributed by atoms with van der Waals surface area (Å²) in [7, 11) is 1.55. The van der Waals surface area contributed by atoms with Gasteiger partial charge in [-0.1, -0.05) is 53.2 Å². The Labute approximate surface area is 235 Å². The predicted octanol–water partition coefficient (Wildman–Crippen LogP) is 4.83. The maximum absolute atomic E-state index is 14.1. The topological polar surface area (TPSA) is 98.6 Å². The smallest absolute Gasteiger partial charge is 0.247 e. The summed E-state index contributed by atoms with van der Waals surface area (Å²) in [6.45, 7) is 10.2. The van der Waals surface area contributed by atoms with Gasteiger partial charge < -0.3 is 19.7 Å². The number of nitrogens with one attached hydrogen (secondary N) is 1. The monoisotopic (exact) mass is 543 g/mol. The number of hydrogen-bond acceptors (Lipinski definition) is 6. The lowest BCUT2D eigenvalue weighted by molar-refractivity contribution is -0.142. The third kappa shape index (κ3) is 6.77. The summed E-state index contributed by atoms with van der Waals surface area (Å²) in [5, 5.41) is 11.5. The first-order valence-corrected chi connectivity index (χ1v) is 13.4. The number of fused-ring (bicyclic) bond motifs is 1. The van der Waals surface area contributed by atoms with Gasteiger partial charge in [-0.2, -0.15) is 0 Å². The zero-order valence-electron chi connectivity index (χ0n) is 24.0. The van der Waals surface area contributed by atoms with Crippen molar-refractivity contribution in [1.29, 1.82) is 0 Å². The summed E-state index contributed by atoms with van der Waals surface area (Å²) in [6.07, 6.45) is 0. The van der Waals surface area contributed by atoms with Gasteiger partial charge in [-0.3, -0.25) is 9.59 Å². The van der Waals surface area contributed by atoms with Crippen molar-refractivity contribution >= 4 is 22.8 Å². The molecule has 2 amide bonds. The Morgan fingerprint density at radius 1 is 1.02 bits per heavy atom. The van der Waals surface area contributed by atoms with Crippen molar-refractivity contribution < 1.29 is 19.1 Å². The molecule has 1 heterocycles. The summed E-state index contributed by atoms with van der Waals surface area (Å²) in [6, 6.07) is 19.8. The first kappa shape index (κ1) is 28.6. The number of ether oxygens (including phenoxy) is 2. The van der Waals surface area contributed by atoms with Gasteiger partial charge >= 0.3 is 0 Å². The van der Waals surface area contributed by atoms with Crippen LogP contribution in [0.1, 0.15) is 50.4 Å². The lowest BCUT2D eigenvalue weighted by Gasteiger charge is -2.34. The van der Waals surface area contributed by atoms with E-state index in [1.165, 1.54) is 0 Å². The largest absolute Gasteiger partial charge is 0.493 e. The van der Waals surface area contributed by atoms with E-state index in [1.807, 2.05) is 83.1 Å². The van der Waals surface area contributed by atoms with Crippen molar-refractivity contribution in [2.24, 2.45) is 0 Å². The quantitative estimate of drug-likeness (QED) is 0.308.